The first kappa shape index (κ1) is 19.6. The van der Waals surface area contributed by atoms with E-state index < -0.39 is 24.5 Å². The van der Waals surface area contributed by atoms with E-state index in [1.165, 1.54) is 13.2 Å². The number of ether oxygens (including phenoxy) is 2. The molecule has 0 heterocycles. The zero-order valence-corrected chi connectivity index (χ0v) is 14.6. The normalized spacial score (nSPS) is 9.81. The highest BCUT2D eigenvalue weighted by molar-refractivity contribution is 6.08. The molecule has 0 aliphatic heterocycles. The third-order valence-electron chi connectivity index (χ3n) is 3.42. The molecule has 0 unspecified atom stereocenters. The highest BCUT2D eigenvalue weighted by Gasteiger charge is 2.16. The zero-order chi connectivity index (χ0) is 19.6. The second-order valence-electron chi connectivity index (χ2n) is 5.29. The van der Waals surface area contributed by atoms with E-state index in [0.717, 1.165) is 0 Å². The number of esters is 2. The van der Waals surface area contributed by atoms with Gasteiger partial charge in [-0.1, -0.05) is 30.3 Å². The summed E-state index contributed by atoms with van der Waals surface area (Å²) in [5.41, 5.74) is 0.789. The lowest BCUT2D eigenvalue weighted by atomic mass is 10.1. The lowest BCUT2D eigenvalue weighted by Gasteiger charge is -2.11. The summed E-state index contributed by atoms with van der Waals surface area (Å²) in [7, 11) is 1.19. The summed E-state index contributed by atoms with van der Waals surface area (Å²) in [4.78, 5) is 47.0. The first-order chi connectivity index (χ1) is 13.0. The molecular weight excluding hydrogens is 352 g/mol. The number of carbonyl (C=O) groups is 4. The van der Waals surface area contributed by atoms with Crippen LogP contribution in [0.2, 0.25) is 0 Å². The maximum atomic E-state index is 12.3. The highest BCUT2D eigenvalue weighted by Crippen LogP contribution is 2.17. The number of carbonyl (C=O) groups excluding carboxylic acids is 4. The molecule has 0 aliphatic rings. The summed E-state index contributed by atoms with van der Waals surface area (Å²) in [6.45, 7) is -0.895. The van der Waals surface area contributed by atoms with Crippen LogP contribution in [-0.2, 0) is 19.1 Å². The molecule has 27 heavy (non-hydrogen) atoms. The smallest absolute Gasteiger partial charge is 0.340 e. The van der Waals surface area contributed by atoms with Gasteiger partial charge >= 0.3 is 11.9 Å². The van der Waals surface area contributed by atoms with Crippen molar-refractivity contribution in [3.8, 4) is 0 Å². The Hall–Kier alpha value is -3.68. The summed E-state index contributed by atoms with van der Waals surface area (Å²) in [6, 6.07) is 14.8. The van der Waals surface area contributed by atoms with Crippen LogP contribution in [0.5, 0.6) is 0 Å². The average molecular weight is 370 g/mol. The summed E-state index contributed by atoms with van der Waals surface area (Å²) < 4.78 is 9.31. The molecule has 140 valence electrons. The van der Waals surface area contributed by atoms with E-state index in [1.54, 1.807) is 48.5 Å². The standard InChI is InChI=1S/C19H18N2O6/c1-26-17(23)11-20-16(22)12-27-19(25)14-9-5-6-10-15(14)21-18(24)13-7-3-2-4-8-13/h2-10H,11-12H2,1H3,(H,20,22)(H,21,24). The van der Waals surface area contributed by atoms with Gasteiger partial charge in [0.05, 0.1) is 18.4 Å². The fourth-order valence-corrected chi connectivity index (χ4v) is 2.06. The molecule has 0 radical (unpaired) electrons. The Balaban J connectivity index is 1.98. The number of amides is 2. The Labute approximate surface area is 155 Å². The Kier molecular flexibility index (Phi) is 7.07. The maximum absolute atomic E-state index is 12.3. The molecule has 0 saturated carbocycles. The molecule has 0 saturated heterocycles. The Morgan fingerprint density at radius 1 is 0.926 bits per heavy atom. The number of anilines is 1. The molecule has 0 spiro atoms. The minimum Gasteiger partial charge on any atom is -0.468 e. The van der Waals surface area contributed by atoms with Gasteiger partial charge in [0, 0.05) is 5.56 Å². The fraction of sp³-hybridized carbons (Fsp3) is 0.158. The van der Waals surface area contributed by atoms with Crippen molar-refractivity contribution >= 4 is 29.4 Å². The SMILES string of the molecule is COC(=O)CNC(=O)COC(=O)c1ccccc1NC(=O)c1ccccc1. The van der Waals surface area contributed by atoms with Gasteiger partial charge in [-0.25, -0.2) is 4.79 Å². The quantitative estimate of drug-likeness (QED) is 0.713. The molecule has 8 nitrogen and oxygen atoms in total. The van der Waals surface area contributed by atoms with Gasteiger partial charge < -0.3 is 20.1 Å². The minimum absolute atomic E-state index is 0.0996. The summed E-state index contributed by atoms with van der Waals surface area (Å²) in [6.07, 6.45) is 0. The van der Waals surface area contributed by atoms with Gasteiger partial charge in [0.25, 0.3) is 11.8 Å². The maximum Gasteiger partial charge on any atom is 0.340 e. The second-order valence-corrected chi connectivity index (χ2v) is 5.29. The number of para-hydroxylation sites is 1. The molecule has 2 rings (SSSR count). The Bertz CT molecular complexity index is 835. The van der Waals surface area contributed by atoms with Crippen molar-refractivity contribution in [1.82, 2.24) is 5.32 Å². The first-order valence-electron chi connectivity index (χ1n) is 7.97. The van der Waals surface area contributed by atoms with Crippen molar-refractivity contribution in [2.75, 3.05) is 25.6 Å². The molecule has 2 aromatic carbocycles. The summed E-state index contributed by atoms with van der Waals surface area (Å²) in [5, 5.41) is 4.89. The van der Waals surface area contributed by atoms with Crippen LogP contribution in [0.1, 0.15) is 20.7 Å². The van der Waals surface area contributed by atoms with Gasteiger partial charge in [0.2, 0.25) is 0 Å². The van der Waals surface area contributed by atoms with Crippen molar-refractivity contribution in [3.63, 3.8) is 0 Å². The van der Waals surface area contributed by atoms with Gasteiger partial charge in [0.1, 0.15) is 6.54 Å². The van der Waals surface area contributed by atoms with Crippen LogP contribution >= 0.6 is 0 Å². The van der Waals surface area contributed by atoms with Crippen molar-refractivity contribution in [2.24, 2.45) is 0 Å². The lowest BCUT2D eigenvalue weighted by Crippen LogP contribution is -2.33. The second kappa shape index (κ2) is 9.71. The van der Waals surface area contributed by atoms with Gasteiger partial charge in [-0.3, -0.25) is 14.4 Å². The largest absolute Gasteiger partial charge is 0.468 e. The third kappa shape index (κ3) is 5.96. The van der Waals surface area contributed by atoms with Gasteiger partial charge in [0.15, 0.2) is 6.61 Å². The molecule has 8 heteroatoms. The number of hydrogen-bond acceptors (Lipinski definition) is 6. The monoisotopic (exact) mass is 370 g/mol. The number of hydrogen-bond donors (Lipinski definition) is 2. The molecule has 2 N–H and O–H groups in total. The van der Waals surface area contributed by atoms with Crippen LogP contribution in [-0.4, -0.2) is 44.0 Å². The minimum atomic E-state index is -0.785. The van der Waals surface area contributed by atoms with Crippen molar-refractivity contribution in [3.05, 3.63) is 65.7 Å². The van der Waals surface area contributed by atoms with E-state index >= 15 is 0 Å². The molecular formula is C19H18N2O6. The van der Waals surface area contributed by atoms with Crippen LogP contribution in [0, 0.1) is 0 Å². The van der Waals surface area contributed by atoms with Crippen molar-refractivity contribution in [2.45, 2.75) is 0 Å². The van der Waals surface area contributed by atoms with Crippen molar-refractivity contribution < 1.29 is 28.7 Å². The number of methoxy groups -OCH3 is 1. The van der Waals surface area contributed by atoms with Crippen LogP contribution in [0.15, 0.2) is 54.6 Å². The van der Waals surface area contributed by atoms with E-state index in [-0.39, 0.29) is 23.7 Å². The number of benzene rings is 2. The molecule has 0 bridgehead atoms. The molecule has 0 aliphatic carbocycles. The lowest BCUT2D eigenvalue weighted by molar-refractivity contribution is -0.141. The highest BCUT2D eigenvalue weighted by atomic mass is 16.5. The average Bonchev–Trinajstić information content (AvgIpc) is 2.71. The van der Waals surface area contributed by atoms with Gasteiger partial charge in [-0.05, 0) is 24.3 Å². The number of nitrogens with one attached hydrogen (secondary N) is 2. The molecule has 2 amide bonds. The van der Waals surface area contributed by atoms with Crippen LogP contribution in [0.25, 0.3) is 0 Å². The molecule has 2 aromatic rings. The van der Waals surface area contributed by atoms with Crippen LogP contribution in [0.3, 0.4) is 0 Å². The Morgan fingerprint density at radius 2 is 1.59 bits per heavy atom. The van der Waals surface area contributed by atoms with E-state index in [4.69, 9.17) is 4.74 Å². The van der Waals surface area contributed by atoms with Crippen molar-refractivity contribution in [1.29, 1.82) is 0 Å². The predicted octanol–water partition coefficient (Wildman–Crippen LogP) is 1.38. The third-order valence-corrected chi connectivity index (χ3v) is 3.42. The summed E-state index contributed by atoms with van der Waals surface area (Å²) in [5.74, 6) is -2.44. The topological polar surface area (TPSA) is 111 Å². The fourth-order valence-electron chi connectivity index (χ4n) is 2.06. The van der Waals surface area contributed by atoms with E-state index in [2.05, 4.69) is 15.4 Å². The summed E-state index contributed by atoms with van der Waals surface area (Å²) >= 11 is 0. The molecule has 0 aromatic heterocycles. The zero-order valence-electron chi connectivity index (χ0n) is 14.6. The van der Waals surface area contributed by atoms with E-state index in [0.29, 0.717) is 5.56 Å². The molecule has 0 fully saturated rings. The van der Waals surface area contributed by atoms with Gasteiger partial charge in [-0.2, -0.15) is 0 Å². The van der Waals surface area contributed by atoms with Crippen LogP contribution < -0.4 is 10.6 Å². The van der Waals surface area contributed by atoms with Gasteiger partial charge in [-0.15, -0.1) is 0 Å². The molecule has 0 atom stereocenters. The van der Waals surface area contributed by atoms with Crippen LogP contribution in [0.4, 0.5) is 5.69 Å². The van der Waals surface area contributed by atoms with E-state index in [9.17, 15) is 19.2 Å². The van der Waals surface area contributed by atoms with E-state index in [1.807, 2.05) is 0 Å². The first-order valence-corrected chi connectivity index (χ1v) is 7.97. The number of rotatable bonds is 7. The predicted molar refractivity (Wildman–Crippen MR) is 96.1 cm³/mol. The Morgan fingerprint density at radius 3 is 2.30 bits per heavy atom.